The Balaban J connectivity index is 1.10. The first-order chi connectivity index (χ1) is 17.5. The topological polar surface area (TPSA) is 71.6 Å². The predicted octanol–water partition coefficient (Wildman–Crippen LogP) is 2.79. The van der Waals surface area contributed by atoms with Gasteiger partial charge in [-0.1, -0.05) is 30.3 Å². The van der Waals surface area contributed by atoms with Crippen molar-refractivity contribution in [1.29, 1.82) is 0 Å². The molecule has 2 amide bonds. The molecule has 3 aromatic rings. The fourth-order valence-electron chi connectivity index (χ4n) is 4.64. The molecule has 1 atom stereocenters. The average molecular weight is 490 g/mol. The van der Waals surface area contributed by atoms with E-state index in [1.165, 1.54) is 0 Å². The van der Waals surface area contributed by atoms with E-state index < -0.39 is 6.10 Å². The van der Waals surface area contributed by atoms with E-state index in [9.17, 15) is 9.59 Å². The van der Waals surface area contributed by atoms with Crippen molar-refractivity contribution in [1.82, 2.24) is 14.7 Å². The van der Waals surface area contributed by atoms with Crippen LogP contribution in [0.1, 0.15) is 5.56 Å². The van der Waals surface area contributed by atoms with Crippen LogP contribution in [0.4, 0.5) is 0 Å². The molecule has 0 aliphatic carbocycles. The number of fused-ring (bicyclic) bond motifs is 2. The van der Waals surface area contributed by atoms with Crippen molar-refractivity contribution in [3.63, 3.8) is 0 Å². The fourth-order valence-corrected chi connectivity index (χ4v) is 4.64. The minimum atomic E-state index is -0.637. The number of rotatable bonds is 6. The highest BCUT2D eigenvalue weighted by Gasteiger charge is 2.33. The van der Waals surface area contributed by atoms with Crippen LogP contribution in [-0.4, -0.2) is 86.1 Å². The van der Waals surface area contributed by atoms with Crippen LogP contribution in [0.15, 0.2) is 60.7 Å². The van der Waals surface area contributed by atoms with E-state index in [1.807, 2.05) is 55.6 Å². The van der Waals surface area contributed by atoms with Gasteiger partial charge in [0, 0.05) is 39.8 Å². The maximum atomic E-state index is 13.0. The highest BCUT2D eigenvalue weighted by molar-refractivity contribution is 5.85. The van der Waals surface area contributed by atoms with Gasteiger partial charge in [0.2, 0.25) is 12.0 Å². The number of carbonyl (C=O) groups is 2. The lowest BCUT2D eigenvalue weighted by molar-refractivity contribution is -0.143. The van der Waals surface area contributed by atoms with Gasteiger partial charge in [0.05, 0.1) is 13.7 Å². The molecule has 8 heteroatoms. The number of ether oxygens (including phenoxy) is 3. The number of hydrogen-bond donors (Lipinski definition) is 0. The Morgan fingerprint density at radius 1 is 0.972 bits per heavy atom. The molecule has 1 fully saturated rings. The molecule has 2 aliphatic rings. The van der Waals surface area contributed by atoms with Crippen LogP contribution in [0.5, 0.6) is 17.2 Å². The van der Waals surface area contributed by atoms with Crippen molar-refractivity contribution >= 4 is 22.6 Å². The molecule has 2 aliphatic heterocycles. The van der Waals surface area contributed by atoms with Gasteiger partial charge in [-0.05, 0) is 46.7 Å². The van der Waals surface area contributed by atoms with Gasteiger partial charge >= 0.3 is 0 Å². The third-order valence-corrected chi connectivity index (χ3v) is 6.78. The zero-order chi connectivity index (χ0) is 25.1. The second-order valence-electron chi connectivity index (χ2n) is 9.26. The molecule has 36 heavy (non-hydrogen) atoms. The molecule has 0 spiro atoms. The summed E-state index contributed by atoms with van der Waals surface area (Å²) in [4.78, 5) is 31.5. The Kier molecular flexibility index (Phi) is 6.95. The van der Waals surface area contributed by atoms with Crippen LogP contribution < -0.4 is 14.2 Å². The molecule has 5 rings (SSSR count). The summed E-state index contributed by atoms with van der Waals surface area (Å²) in [5.74, 6) is 2.08. The molecule has 0 aromatic heterocycles. The van der Waals surface area contributed by atoms with Gasteiger partial charge < -0.3 is 24.0 Å². The second kappa shape index (κ2) is 10.5. The van der Waals surface area contributed by atoms with E-state index >= 15 is 0 Å². The largest absolute Gasteiger partial charge is 0.497 e. The van der Waals surface area contributed by atoms with Crippen molar-refractivity contribution in [3.8, 4) is 17.2 Å². The summed E-state index contributed by atoms with van der Waals surface area (Å²) in [6.45, 7) is 3.50. The summed E-state index contributed by atoms with van der Waals surface area (Å²) < 4.78 is 16.9. The summed E-state index contributed by atoms with van der Waals surface area (Å²) in [6.07, 6.45) is -0.637. The van der Waals surface area contributed by atoms with Crippen molar-refractivity contribution in [3.05, 3.63) is 66.2 Å². The summed E-state index contributed by atoms with van der Waals surface area (Å²) >= 11 is 0. The summed E-state index contributed by atoms with van der Waals surface area (Å²) in [7, 11) is 3.49. The third-order valence-electron chi connectivity index (χ3n) is 6.78. The number of hydrogen-bond acceptors (Lipinski definition) is 6. The first kappa shape index (κ1) is 23.9. The average Bonchev–Trinajstić information content (AvgIpc) is 2.92. The number of methoxy groups -OCH3 is 1. The number of nitrogens with zero attached hydrogens (tertiary/aromatic N) is 3. The first-order valence-corrected chi connectivity index (χ1v) is 12.2. The number of para-hydroxylation sites is 2. The molecule has 188 valence electrons. The molecular weight excluding hydrogens is 458 g/mol. The fraction of sp³-hybridized carbons (Fsp3) is 0.357. The highest BCUT2D eigenvalue weighted by Crippen LogP contribution is 2.31. The number of likely N-dealkylation sites (N-methyl/N-ethyl adjacent to an activating group) is 1. The molecular formula is C28H31N3O5. The van der Waals surface area contributed by atoms with Gasteiger partial charge in [-0.25, -0.2) is 0 Å². The van der Waals surface area contributed by atoms with E-state index in [2.05, 4.69) is 17.0 Å². The molecule has 1 saturated heterocycles. The molecule has 0 saturated carbocycles. The molecule has 2 heterocycles. The van der Waals surface area contributed by atoms with Crippen LogP contribution in [-0.2, 0) is 16.1 Å². The SMILES string of the molecule is COc1ccc2cc(CN(C)C(=O)CN3CCN(C(=O)C4COc5ccccc5O4)CC3)ccc2c1. The number of carbonyl (C=O) groups excluding carboxylic acids is 2. The minimum Gasteiger partial charge on any atom is -0.497 e. The number of piperazine rings is 1. The maximum absolute atomic E-state index is 13.0. The smallest absolute Gasteiger partial charge is 0.267 e. The number of benzene rings is 3. The van der Waals surface area contributed by atoms with E-state index in [0.717, 1.165) is 22.1 Å². The van der Waals surface area contributed by atoms with Gasteiger partial charge in [-0.15, -0.1) is 0 Å². The lowest BCUT2D eigenvalue weighted by atomic mass is 10.1. The summed E-state index contributed by atoms with van der Waals surface area (Å²) in [5.41, 5.74) is 1.08. The molecule has 1 unspecified atom stereocenters. The Morgan fingerprint density at radius 2 is 1.69 bits per heavy atom. The Hall–Kier alpha value is -3.78. The van der Waals surface area contributed by atoms with Crippen LogP contribution in [0.3, 0.4) is 0 Å². The van der Waals surface area contributed by atoms with E-state index in [0.29, 0.717) is 50.8 Å². The predicted molar refractivity (Wildman–Crippen MR) is 136 cm³/mol. The van der Waals surface area contributed by atoms with E-state index in [-0.39, 0.29) is 18.4 Å². The van der Waals surface area contributed by atoms with E-state index in [1.54, 1.807) is 16.9 Å². The van der Waals surface area contributed by atoms with Crippen LogP contribution in [0.25, 0.3) is 10.8 Å². The van der Waals surface area contributed by atoms with Gasteiger partial charge in [0.25, 0.3) is 5.91 Å². The Labute approximate surface area is 210 Å². The Bertz CT molecular complexity index is 1250. The maximum Gasteiger partial charge on any atom is 0.267 e. The minimum absolute atomic E-state index is 0.0604. The summed E-state index contributed by atoms with van der Waals surface area (Å²) in [6, 6.07) is 19.6. The zero-order valence-corrected chi connectivity index (χ0v) is 20.7. The molecule has 0 N–H and O–H groups in total. The molecule has 0 radical (unpaired) electrons. The first-order valence-electron chi connectivity index (χ1n) is 12.2. The van der Waals surface area contributed by atoms with Gasteiger partial charge in [-0.3, -0.25) is 14.5 Å². The highest BCUT2D eigenvalue weighted by atomic mass is 16.6. The number of amides is 2. The quantitative estimate of drug-likeness (QED) is 0.530. The van der Waals surface area contributed by atoms with Crippen molar-refractivity contribution in [2.24, 2.45) is 0 Å². The van der Waals surface area contributed by atoms with Gasteiger partial charge in [0.1, 0.15) is 12.4 Å². The lowest BCUT2D eigenvalue weighted by Crippen LogP contribution is -2.55. The summed E-state index contributed by atoms with van der Waals surface area (Å²) in [5, 5.41) is 2.22. The van der Waals surface area contributed by atoms with Crippen molar-refractivity contribution in [2.75, 3.05) is 53.5 Å². The molecule has 8 nitrogen and oxygen atoms in total. The lowest BCUT2D eigenvalue weighted by Gasteiger charge is -2.37. The monoisotopic (exact) mass is 489 g/mol. The standard InChI is InChI=1S/C28H31N3O5/c1-29(17-20-7-8-22-16-23(34-2)10-9-21(22)15-20)27(32)18-30-11-13-31(14-12-30)28(33)26-19-35-24-5-3-4-6-25(24)36-26/h3-10,15-16,26H,11-14,17-19H2,1-2H3. The Morgan fingerprint density at radius 3 is 2.47 bits per heavy atom. The van der Waals surface area contributed by atoms with Crippen molar-refractivity contribution < 1.29 is 23.8 Å². The normalized spacial score (nSPS) is 17.6. The van der Waals surface area contributed by atoms with Crippen molar-refractivity contribution in [2.45, 2.75) is 12.6 Å². The van der Waals surface area contributed by atoms with Crippen LogP contribution in [0, 0.1) is 0 Å². The molecule has 3 aromatic carbocycles. The van der Waals surface area contributed by atoms with E-state index in [4.69, 9.17) is 14.2 Å². The van der Waals surface area contributed by atoms with Crippen LogP contribution >= 0.6 is 0 Å². The zero-order valence-electron chi connectivity index (χ0n) is 20.7. The second-order valence-corrected chi connectivity index (χ2v) is 9.26. The van der Waals surface area contributed by atoms with Crippen LogP contribution in [0.2, 0.25) is 0 Å². The molecule has 0 bridgehead atoms. The third kappa shape index (κ3) is 5.23. The van der Waals surface area contributed by atoms with Gasteiger partial charge in [0.15, 0.2) is 11.5 Å². The van der Waals surface area contributed by atoms with Gasteiger partial charge in [-0.2, -0.15) is 0 Å².